The third kappa shape index (κ3) is 2.09. The summed E-state index contributed by atoms with van der Waals surface area (Å²) in [5.41, 5.74) is 0.436. The summed E-state index contributed by atoms with van der Waals surface area (Å²) in [6.07, 6.45) is 5.32. The smallest absolute Gasteiger partial charge is 0.244 e. The lowest BCUT2D eigenvalue weighted by Crippen LogP contribution is -2.40. The van der Waals surface area contributed by atoms with E-state index in [1.807, 2.05) is 0 Å². The van der Waals surface area contributed by atoms with E-state index in [0.717, 1.165) is 11.3 Å². The molecule has 0 unspecified atom stereocenters. The standard InChI is InChI=1S/C19H17FN2O3/c20-9-1-3-10(4-2-9)21-15(23)8-22-18(24)16-11-5-6-12(14-7-13(11)14)17(16)19(22)25/h1-6,11-14,16-17H,7-8H2,(H,21,23)/t11-,12-,13-,14-,16-,17+/m1/s1. The number of amides is 3. The van der Waals surface area contributed by atoms with Crippen molar-refractivity contribution < 1.29 is 18.8 Å². The van der Waals surface area contributed by atoms with Gasteiger partial charge < -0.3 is 5.32 Å². The molecule has 1 aromatic rings. The molecule has 6 heteroatoms. The Morgan fingerprint density at radius 3 is 2.16 bits per heavy atom. The predicted molar refractivity (Wildman–Crippen MR) is 86.4 cm³/mol. The van der Waals surface area contributed by atoms with Crippen molar-refractivity contribution in [2.24, 2.45) is 35.5 Å². The molecular formula is C19H17FN2O3. The van der Waals surface area contributed by atoms with Gasteiger partial charge in [-0.05, 0) is 54.4 Å². The molecular weight excluding hydrogens is 323 g/mol. The third-order valence-corrected chi connectivity index (χ3v) is 6.18. The lowest BCUT2D eigenvalue weighted by Gasteiger charge is -2.37. The van der Waals surface area contributed by atoms with Crippen molar-refractivity contribution in [2.75, 3.05) is 11.9 Å². The summed E-state index contributed by atoms with van der Waals surface area (Å²) in [6, 6.07) is 5.37. The zero-order valence-electron chi connectivity index (χ0n) is 13.4. The maximum Gasteiger partial charge on any atom is 0.244 e. The van der Waals surface area contributed by atoms with Crippen LogP contribution in [0.3, 0.4) is 0 Å². The van der Waals surface area contributed by atoms with Crippen LogP contribution >= 0.6 is 0 Å². The van der Waals surface area contributed by atoms with E-state index in [4.69, 9.17) is 0 Å². The molecule has 1 saturated heterocycles. The largest absolute Gasteiger partial charge is 0.325 e. The maximum atomic E-state index is 12.9. The van der Waals surface area contributed by atoms with Gasteiger partial charge in [0.25, 0.3) is 0 Å². The van der Waals surface area contributed by atoms with Crippen LogP contribution in [-0.2, 0) is 14.4 Å². The first kappa shape index (κ1) is 14.8. The van der Waals surface area contributed by atoms with E-state index in [1.54, 1.807) is 0 Å². The van der Waals surface area contributed by atoms with E-state index in [2.05, 4.69) is 17.5 Å². The number of hydrogen-bond acceptors (Lipinski definition) is 3. The minimum atomic E-state index is -0.447. The van der Waals surface area contributed by atoms with Crippen molar-refractivity contribution in [3.05, 3.63) is 42.2 Å². The van der Waals surface area contributed by atoms with Crippen LogP contribution in [0.25, 0.3) is 0 Å². The molecule has 25 heavy (non-hydrogen) atoms. The predicted octanol–water partition coefficient (Wildman–Crippen LogP) is 1.82. The summed E-state index contributed by atoms with van der Waals surface area (Å²) < 4.78 is 12.9. The number of allylic oxidation sites excluding steroid dienone is 2. The van der Waals surface area contributed by atoms with Crippen LogP contribution in [0.2, 0.25) is 0 Å². The number of likely N-dealkylation sites (tertiary alicyclic amines) is 1. The Morgan fingerprint density at radius 2 is 1.60 bits per heavy atom. The quantitative estimate of drug-likeness (QED) is 0.674. The van der Waals surface area contributed by atoms with E-state index >= 15 is 0 Å². The van der Waals surface area contributed by atoms with E-state index in [0.29, 0.717) is 17.5 Å². The number of imide groups is 1. The molecule has 2 saturated carbocycles. The first-order valence-corrected chi connectivity index (χ1v) is 8.63. The number of hydrogen-bond donors (Lipinski definition) is 1. The fourth-order valence-electron chi connectivity index (χ4n) is 5.05. The minimum Gasteiger partial charge on any atom is -0.325 e. The molecule has 128 valence electrons. The van der Waals surface area contributed by atoms with Gasteiger partial charge in [-0.25, -0.2) is 4.39 Å². The van der Waals surface area contributed by atoms with Crippen molar-refractivity contribution in [2.45, 2.75) is 6.42 Å². The van der Waals surface area contributed by atoms with Gasteiger partial charge in [-0.15, -0.1) is 0 Å². The van der Waals surface area contributed by atoms with Crippen molar-refractivity contribution in [3.63, 3.8) is 0 Å². The van der Waals surface area contributed by atoms with E-state index < -0.39 is 11.7 Å². The number of carbonyl (C=O) groups excluding carboxylic acids is 3. The molecule has 6 atom stereocenters. The zero-order valence-corrected chi connectivity index (χ0v) is 13.4. The summed E-state index contributed by atoms with van der Waals surface area (Å²) in [5, 5.41) is 2.61. The Hall–Kier alpha value is -2.50. The normalized spacial score (nSPS) is 37.1. The topological polar surface area (TPSA) is 66.5 Å². The molecule has 2 bridgehead atoms. The molecule has 4 aliphatic carbocycles. The SMILES string of the molecule is O=C(CN1C(=O)[C@@H]2[C@@H]3C=C[C@H]([C@H]4C[C@H]34)[C@@H]2C1=O)Nc1ccc(F)cc1. The minimum absolute atomic E-state index is 0.154. The zero-order chi connectivity index (χ0) is 17.3. The molecule has 0 aromatic heterocycles. The molecule has 3 amide bonds. The van der Waals surface area contributed by atoms with E-state index in [9.17, 15) is 18.8 Å². The monoisotopic (exact) mass is 340 g/mol. The summed E-state index contributed by atoms with van der Waals surface area (Å²) in [5.74, 6) is -0.450. The second-order valence-corrected chi connectivity index (χ2v) is 7.47. The molecule has 0 spiro atoms. The highest BCUT2D eigenvalue weighted by atomic mass is 19.1. The highest BCUT2D eigenvalue weighted by Crippen LogP contribution is 2.65. The molecule has 0 radical (unpaired) electrons. The Kier molecular flexibility index (Phi) is 2.96. The number of benzene rings is 1. The fraction of sp³-hybridized carbons (Fsp3) is 0.421. The molecule has 1 aromatic carbocycles. The molecule has 5 nitrogen and oxygen atoms in total. The van der Waals surface area contributed by atoms with Crippen LogP contribution in [0.1, 0.15) is 6.42 Å². The van der Waals surface area contributed by atoms with Crippen LogP contribution in [0.4, 0.5) is 10.1 Å². The number of anilines is 1. The molecule has 1 aliphatic heterocycles. The highest BCUT2D eigenvalue weighted by Gasteiger charge is 2.67. The number of nitrogens with one attached hydrogen (secondary N) is 1. The van der Waals surface area contributed by atoms with Crippen LogP contribution in [-0.4, -0.2) is 29.2 Å². The van der Waals surface area contributed by atoms with Gasteiger partial charge in [0.15, 0.2) is 0 Å². The molecule has 5 aliphatic rings. The van der Waals surface area contributed by atoms with Crippen LogP contribution in [0.15, 0.2) is 36.4 Å². The van der Waals surface area contributed by atoms with Gasteiger partial charge in [-0.2, -0.15) is 0 Å². The third-order valence-electron chi connectivity index (χ3n) is 6.18. The van der Waals surface area contributed by atoms with Gasteiger partial charge in [0.2, 0.25) is 17.7 Å². The average Bonchev–Trinajstić information content (AvgIpc) is 3.38. The molecule has 1 N–H and O–H groups in total. The first-order valence-electron chi connectivity index (χ1n) is 8.63. The number of halogens is 1. The van der Waals surface area contributed by atoms with Crippen LogP contribution in [0.5, 0.6) is 0 Å². The summed E-state index contributed by atoms with van der Waals surface area (Å²) >= 11 is 0. The number of nitrogens with zero attached hydrogens (tertiary/aromatic N) is 1. The van der Waals surface area contributed by atoms with Crippen LogP contribution in [0, 0.1) is 41.3 Å². The second-order valence-electron chi connectivity index (χ2n) is 7.47. The summed E-state index contributed by atoms with van der Waals surface area (Å²) in [6.45, 7) is -0.281. The maximum absolute atomic E-state index is 12.9. The molecule has 1 heterocycles. The molecule has 3 fully saturated rings. The summed E-state index contributed by atoms with van der Waals surface area (Å²) in [4.78, 5) is 38.9. The van der Waals surface area contributed by atoms with Crippen LogP contribution < -0.4 is 5.32 Å². The average molecular weight is 340 g/mol. The van der Waals surface area contributed by atoms with Gasteiger partial charge in [0, 0.05) is 5.69 Å². The van der Waals surface area contributed by atoms with E-state index in [-0.39, 0.29) is 42.0 Å². The number of rotatable bonds is 3. The Morgan fingerprint density at radius 1 is 1.04 bits per heavy atom. The van der Waals surface area contributed by atoms with E-state index in [1.165, 1.54) is 24.3 Å². The van der Waals surface area contributed by atoms with Gasteiger partial charge >= 0.3 is 0 Å². The Balaban J connectivity index is 1.32. The van der Waals surface area contributed by atoms with Gasteiger partial charge in [0.05, 0.1) is 11.8 Å². The Bertz CT molecular complexity index is 782. The van der Waals surface area contributed by atoms with Crippen molar-refractivity contribution in [3.8, 4) is 0 Å². The lowest BCUT2D eigenvalue weighted by molar-refractivity contribution is -0.142. The van der Waals surface area contributed by atoms with Crippen molar-refractivity contribution in [1.29, 1.82) is 0 Å². The summed E-state index contributed by atoms with van der Waals surface area (Å²) in [7, 11) is 0. The lowest BCUT2D eigenvalue weighted by atomic mass is 9.63. The van der Waals surface area contributed by atoms with Gasteiger partial charge in [-0.1, -0.05) is 12.2 Å². The molecule has 6 rings (SSSR count). The van der Waals surface area contributed by atoms with Gasteiger partial charge in [0.1, 0.15) is 12.4 Å². The van der Waals surface area contributed by atoms with Gasteiger partial charge in [-0.3, -0.25) is 19.3 Å². The Labute approximate surface area is 143 Å². The fourth-order valence-corrected chi connectivity index (χ4v) is 5.05. The van der Waals surface area contributed by atoms with Crippen molar-refractivity contribution >= 4 is 23.4 Å². The first-order chi connectivity index (χ1) is 12.0. The number of carbonyl (C=O) groups is 3. The highest BCUT2D eigenvalue weighted by molar-refractivity contribution is 6.09. The second kappa shape index (κ2) is 5.00. The van der Waals surface area contributed by atoms with Crippen molar-refractivity contribution in [1.82, 2.24) is 4.90 Å².